The number of anilines is 2. The molecule has 2 aliphatic heterocycles. The number of nitrogens with one attached hydrogen (secondary N) is 2. The smallest absolute Gasteiger partial charge is 0.433 e. The van der Waals surface area contributed by atoms with Crippen LogP contribution in [-0.2, 0) is 11.0 Å². The Morgan fingerprint density at radius 3 is 2.45 bits per heavy atom. The molecular formula is C38H43F3N8O6. The normalized spacial score (nSPS) is 15.6. The average molecular weight is 765 g/mol. The number of carbonyl (C=O) groups excluding carboxylic acids is 4. The Balaban J connectivity index is 0.960. The number of pyridine rings is 1. The molecule has 2 saturated heterocycles. The van der Waals surface area contributed by atoms with Gasteiger partial charge < -0.3 is 24.6 Å². The van der Waals surface area contributed by atoms with Crippen molar-refractivity contribution in [3.63, 3.8) is 0 Å². The number of hydrogen-bond acceptors (Lipinski definition) is 9. The molecule has 0 bridgehead atoms. The molecule has 4 aromatic rings. The van der Waals surface area contributed by atoms with Gasteiger partial charge in [0.05, 0.1) is 37.2 Å². The zero-order valence-corrected chi connectivity index (χ0v) is 30.8. The number of benzene rings is 2. The number of rotatable bonds is 13. The van der Waals surface area contributed by atoms with Crippen LogP contribution in [0.15, 0.2) is 54.7 Å². The molecule has 2 aromatic carbocycles. The van der Waals surface area contributed by atoms with E-state index in [-0.39, 0.29) is 36.5 Å². The van der Waals surface area contributed by atoms with Gasteiger partial charge in [-0.05, 0) is 68.6 Å². The first kappa shape index (κ1) is 39.0. The number of piperidine rings is 1. The molecule has 14 nitrogen and oxygen atoms in total. The molecule has 292 valence electrons. The number of nitrogens with zero attached hydrogens (tertiary/aromatic N) is 6. The summed E-state index contributed by atoms with van der Waals surface area (Å²) in [5.41, 5.74) is 0.299. The van der Waals surface area contributed by atoms with Crippen LogP contribution in [0.25, 0.3) is 10.9 Å². The van der Waals surface area contributed by atoms with Gasteiger partial charge in [0.1, 0.15) is 22.9 Å². The van der Waals surface area contributed by atoms with E-state index in [1.807, 2.05) is 10.9 Å². The zero-order chi connectivity index (χ0) is 39.3. The molecule has 4 heterocycles. The number of hydrogen-bond donors (Lipinski definition) is 2. The van der Waals surface area contributed by atoms with Crippen molar-refractivity contribution < 1.29 is 41.8 Å². The summed E-state index contributed by atoms with van der Waals surface area (Å²) in [6.07, 6.45) is 1.95. The van der Waals surface area contributed by atoms with Crippen LogP contribution in [0.2, 0.25) is 0 Å². The van der Waals surface area contributed by atoms with E-state index in [4.69, 9.17) is 14.6 Å². The number of urea groups is 1. The summed E-state index contributed by atoms with van der Waals surface area (Å²) in [4.78, 5) is 59.1. The number of fused-ring (bicyclic) bond motifs is 1. The van der Waals surface area contributed by atoms with Crippen molar-refractivity contribution in [3.05, 3.63) is 71.7 Å². The van der Waals surface area contributed by atoms with Crippen molar-refractivity contribution in [3.8, 4) is 11.5 Å². The van der Waals surface area contributed by atoms with Crippen LogP contribution < -0.4 is 25.0 Å². The molecule has 2 aromatic heterocycles. The van der Waals surface area contributed by atoms with Crippen LogP contribution >= 0.6 is 0 Å². The summed E-state index contributed by atoms with van der Waals surface area (Å²) in [7, 11) is 4.68. The van der Waals surface area contributed by atoms with Gasteiger partial charge in [-0.3, -0.25) is 29.3 Å². The second-order valence-electron chi connectivity index (χ2n) is 13.6. The third-order valence-electron chi connectivity index (χ3n) is 9.88. The van der Waals surface area contributed by atoms with E-state index in [1.165, 1.54) is 25.2 Å². The lowest BCUT2D eigenvalue weighted by molar-refractivity contribution is -0.141. The Labute approximate surface area is 315 Å². The summed E-state index contributed by atoms with van der Waals surface area (Å²) in [6, 6.07) is 11.1. The summed E-state index contributed by atoms with van der Waals surface area (Å²) in [5, 5.41) is 10.4. The number of imide groups is 1. The molecule has 0 unspecified atom stereocenters. The highest BCUT2D eigenvalue weighted by Crippen LogP contribution is 2.34. The summed E-state index contributed by atoms with van der Waals surface area (Å²) < 4.78 is 52.2. The van der Waals surface area contributed by atoms with Crippen molar-refractivity contribution in [2.75, 3.05) is 64.2 Å². The third kappa shape index (κ3) is 9.16. The van der Waals surface area contributed by atoms with Gasteiger partial charge in [-0.15, -0.1) is 0 Å². The average Bonchev–Trinajstić information content (AvgIpc) is 3.59. The van der Waals surface area contributed by atoms with E-state index in [9.17, 15) is 32.3 Å². The standard InChI is InChI=1S/C38H43F3N8O6/c1-46(36(52)24-10-11-31(54-2)30(21-24)48-19-14-34(50)44-37(48)53)15-5-4-6-16-47-17-12-26(13-18-47)49-23-25-20-29(32(55-3)22-28(25)45-49)43-35(51)27-8-7-9-33(42-27)38(39,40)41/h7-11,20-23,26H,4-6,12-19H2,1-3H3,(H,43,51)(H,44,50,53). The molecule has 0 atom stereocenters. The number of amides is 5. The van der Waals surface area contributed by atoms with Gasteiger partial charge in [0.25, 0.3) is 11.8 Å². The lowest BCUT2D eigenvalue weighted by atomic mass is 10.0. The number of likely N-dealkylation sites (tertiary alicyclic amines) is 1. The fourth-order valence-electron chi connectivity index (χ4n) is 6.85. The highest BCUT2D eigenvalue weighted by atomic mass is 19.4. The minimum atomic E-state index is -4.67. The van der Waals surface area contributed by atoms with Crippen LogP contribution in [0.3, 0.4) is 0 Å². The lowest BCUT2D eigenvalue weighted by Gasteiger charge is -2.32. The van der Waals surface area contributed by atoms with Gasteiger partial charge in [-0.1, -0.05) is 12.5 Å². The summed E-state index contributed by atoms with van der Waals surface area (Å²) in [6.45, 7) is 3.51. The third-order valence-corrected chi connectivity index (χ3v) is 9.88. The predicted molar refractivity (Wildman–Crippen MR) is 197 cm³/mol. The molecule has 0 spiro atoms. The first-order chi connectivity index (χ1) is 26.3. The maximum absolute atomic E-state index is 13.3. The number of ether oxygens (including phenoxy) is 2. The molecule has 2 fully saturated rings. The quantitative estimate of drug-likeness (QED) is 0.162. The number of carbonyl (C=O) groups is 4. The Bertz CT molecular complexity index is 2060. The fraction of sp³-hybridized carbons (Fsp3) is 0.421. The van der Waals surface area contributed by atoms with Crippen LogP contribution in [0.5, 0.6) is 11.5 Å². The van der Waals surface area contributed by atoms with Crippen LogP contribution in [0.4, 0.5) is 29.3 Å². The molecule has 17 heteroatoms. The first-order valence-corrected chi connectivity index (χ1v) is 18.0. The summed E-state index contributed by atoms with van der Waals surface area (Å²) in [5.74, 6) is -0.550. The Kier molecular flexibility index (Phi) is 11.9. The van der Waals surface area contributed by atoms with Crippen molar-refractivity contribution >= 4 is 46.0 Å². The molecular weight excluding hydrogens is 721 g/mol. The van der Waals surface area contributed by atoms with Crippen molar-refractivity contribution in [1.29, 1.82) is 0 Å². The lowest BCUT2D eigenvalue weighted by Crippen LogP contribution is -2.49. The molecule has 0 aliphatic carbocycles. The molecule has 5 amide bonds. The van der Waals surface area contributed by atoms with Crippen molar-refractivity contribution in [2.24, 2.45) is 0 Å². The van der Waals surface area contributed by atoms with Crippen LogP contribution in [0, 0.1) is 0 Å². The molecule has 0 saturated carbocycles. The van der Waals surface area contributed by atoms with Crippen LogP contribution in [0.1, 0.15) is 71.1 Å². The van der Waals surface area contributed by atoms with E-state index in [0.29, 0.717) is 40.5 Å². The highest BCUT2D eigenvalue weighted by Gasteiger charge is 2.33. The van der Waals surface area contributed by atoms with Gasteiger partial charge in [0.15, 0.2) is 0 Å². The number of methoxy groups -OCH3 is 2. The van der Waals surface area contributed by atoms with Crippen molar-refractivity contribution in [2.45, 2.75) is 50.7 Å². The second kappa shape index (κ2) is 16.8. The van der Waals surface area contributed by atoms with Gasteiger partial charge in [-0.25, -0.2) is 9.78 Å². The topological polar surface area (TPSA) is 151 Å². The zero-order valence-electron chi connectivity index (χ0n) is 30.8. The Hall–Kier alpha value is -5.71. The molecule has 55 heavy (non-hydrogen) atoms. The maximum Gasteiger partial charge on any atom is 0.433 e. The molecule has 6 rings (SSSR count). The van der Waals surface area contributed by atoms with E-state index < -0.39 is 23.8 Å². The highest BCUT2D eigenvalue weighted by molar-refractivity contribution is 6.07. The van der Waals surface area contributed by atoms with Gasteiger partial charge in [0.2, 0.25) is 5.91 Å². The number of unbranched alkanes of at least 4 members (excludes halogenated alkanes) is 2. The predicted octanol–water partition coefficient (Wildman–Crippen LogP) is 5.75. The molecule has 0 radical (unpaired) electrons. The van der Waals surface area contributed by atoms with E-state index in [0.717, 1.165) is 69.3 Å². The van der Waals surface area contributed by atoms with Crippen LogP contribution in [-0.4, -0.2) is 102 Å². The molecule has 2 aliphatic rings. The maximum atomic E-state index is 13.3. The second-order valence-corrected chi connectivity index (χ2v) is 13.6. The van der Waals surface area contributed by atoms with Crippen molar-refractivity contribution in [1.82, 2.24) is 29.9 Å². The summed E-state index contributed by atoms with van der Waals surface area (Å²) >= 11 is 0. The van der Waals surface area contributed by atoms with Gasteiger partial charge >= 0.3 is 12.2 Å². The number of alkyl halides is 3. The van der Waals surface area contributed by atoms with E-state index >= 15 is 0 Å². The van der Waals surface area contributed by atoms with E-state index in [2.05, 4.69) is 20.5 Å². The minimum Gasteiger partial charge on any atom is -0.495 e. The minimum absolute atomic E-state index is 0.159. The number of aromatic nitrogens is 3. The van der Waals surface area contributed by atoms with E-state index in [1.54, 1.807) is 42.3 Å². The largest absolute Gasteiger partial charge is 0.495 e. The monoisotopic (exact) mass is 764 g/mol. The molecule has 2 N–H and O–H groups in total. The SMILES string of the molecule is COc1cc2nn(C3CCN(CCCCCN(C)C(=O)c4ccc(OC)c(N5CCC(=O)NC5=O)c4)CC3)cc2cc1NC(=O)c1cccc(C(F)(F)F)n1. The Morgan fingerprint density at radius 1 is 0.982 bits per heavy atom. The number of halogens is 3. The van der Waals surface area contributed by atoms with Gasteiger partial charge in [0, 0.05) is 62.9 Å². The van der Waals surface area contributed by atoms with Gasteiger partial charge in [-0.2, -0.15) is 18.3 Å². The fourth-order valence-corrected chi connectivity index (χ4v) is 6.85. The Morgan fingerprint density at radius 2 is 1.75 bits per heavy atom. The first-order valence-electron chi connectivity index (χ1n) is 18.0.